The van der Waals surface area contributed by atoms with Crippen molar-refractivity contribution < 1.29 is 22.4 Å². The summed E-state index contributed by atoms with van der Waals surface area (Å²) in [6, 6.07) is 15.1. The van der Waals surface area contributed by atoms with E-state index in [1.165, 1.54) is 34.6 Å². The number of hydrogen-bond donors (Lipinski definition) is 0. The summed E-state index contributed by atoms with van der Waals surface area (Å²) in [6.07, 6.45) is 2.65. The predicted octanol–water partition coefficient (Wildman–Crippen LogP) is 4.54. The van der Waals surface area contributed by atoms with E-state index in [9.17, 15) is 13.2 Å². The largest absolute Gasteiger partial charge is 0.494 e. The van der Waals surface area contributed by atoms with Crippen molar-refractivity contribution in [2.75, 3.05) is 17.8 Å². The summed E-state index contributed by atoms with van der Waals surface area (Å²) in [5.74, 6) is 0.947. The van der Waals surface area contributed by atoms with E-state index in [1.54, 1.807) is 24.3 Å². The molecule has 0 atom stereocenters. The summed E-state index contributed by atoms with van der Waals surface area (Å²) in [5.41, 5.74) is 0.995. The lowest BCUT2D eigenvalue weighted by atomic mass is 10.2. The van der Waals surface area contributed by atoms with E-state index in [1.807, 2.05) is 25.1 Å². The van der Waals surface area contributed by atoms with E-state index in [0.29, 0.717) is 17.5 Å². The average molecular weight is 457 g/mol. The minimum absolute atomic E-state index is 0.0851. The summed E-state index contributed by atoms with van der Waals surface area (Å²) >= 11 is 1.35. The zero-order chi connectivity index (χ0) is 22.0. The number of fused-ring (bicyclic) bond motifs is 1. The highest BCUT2D eigenvalue weighted by Gasteiger charge is 2.24. The molecule has 7 nitrogen and oxygen atoms in total. The number of hydrogen-bond acceptors (Lipinski definition) is 7. The molecule has 0 aliphatic rings. The van der Waals surface area contributed by atoms with Crippen molar-refractivity contribution in [1.29, 1.82) is 0 Å². The first-order chi connectivity index (χ1) is 14.8. The van der Waals surface area contributed by atoms with Crippen molar-refractivity contribution >= 4 is 42.4 Å². The summed E-state index contributed by atoms with van der Waals surface area (Å²) in [7, 11) is -3.45. The van der Waals surface area contributed by atoms with Gasteiger partial charge in [0.1, 0.15) is 11.5 Å². The van der Waals surface area contributed by atoms with Gasteiger partial charge in [0.25, 0.3) is 5.91 Å². The number of rotatable bonds is 7. The Balaban J connectivity index is 1.76. The summed E-state index contributed by atoms with van der Waals surface area (Å²) in [5, 5.41) is 0.481. The van der Waals surface area contributed by atoms with Crippen molar-refractivity contribution in [3.8, 4) is 5.75 Å². The number of aromatic nitrogens is 1. The average Bonchev–Trinajstić information content (AvgIpc) is 3.40. The highest BCUT2D eigenvalue weighted by Crippen LogP contribution is 2.33. The number of furan rings is 1. The molecule has 9 heteroatoms. The van der Waals surface area contributed by atoms with Gasteiger partial charge in [-0.2, -0.15) is 0 Å². The number of benzene rings is 2. The summed E-state index contributed by atoms with van der Waals surface area (Å²) in [6.45, 7) is 2.63. The molecule has 160 valence electrons. The number of nitrogens with zero attached hydrogens (tertiary/aromatic N) is 2. The van der Waals surface area contributed by atoms with Gasteiger partial charge in [-0.15, -0.1) is 0 Å². The lowest BCUT2D eigenvalue weighted by Gasteiger charge is -2.19. The van der Waals surface area contributed by atoms with Crippen LogP contribution in [0.2, 0.25) is 0 Å². The molecule has 0 fully saturated rings. The van der Waals surface area contributed by atoms with E-state index < -0.39 is 9.84 Å². The van der Waals surface area contributed by atoms with E-state index in [0.717, 1.165) is 22.2 Å². The third-order valence-corrected chi connectivity index (χ3v) is 6.69. The number of carbonyl (C=O) groups excluding carboxylic acids is 1. The fourth-order valence-electron chi connectivity index (χ4n) is 3.06. The molecular weight excluding hydrogens is 436 g/mol. The van der Waals surface area contributed by atoms with Crippen LogP contribution >= 0.6 is 11.3 Å². The molecule has 0 radical (unpaired) electrons. The number of amides is 1. The molecule has 0 saturated carbocycles. The van der Waals surface area contributed by atoms with Gasteiger partial charge in [0.2, 0.25) is 0 Å². The van der Waals surface area contributed by atoms with Crippen LogP contribution in [0.25, 0.3) is 10.2 Å². The van der Waals surface area contributed by atoms with Gasteiger partial charge >= 0.3 is 0 Å². The lowest BCUT2D eigenvalue weighted by molar-refractivity contribution is 0.0983. The zero-order valence-corrected chi connectivity index (χ0v) is 18.6. The molecule has 4 rings (SSSR count). The Hall–Kier alpha value is -3.17. The smallest absolute Gasteiger partial charge is 0.260 e. The third-order valence-electron chi connectivity index (χ3n) is 4.54. The van der Waals surface area contributed by atoms with Crippen LogP contribution in [0.5, 0.6) is 5.75 Å². The van der Waals surface area contributed by atoms with Crippen molar-refractivity contribution in [3.05, 3.63) is 72.2 Å². The number of sulfone groups is 1. The van der Waals surface area contributed by atoms with E-state index in [2.05, 4.69) is 4.98 Å². The van der Waals surface area contributed by atoms with Gasteiger partial charge in [-0.25, -0.2) is 13.4 Å². The monoisotopic (exact) mass is 456 g/mol. The number of ether oxygens (including phenoxy) is 1. The second-order valence-electron chi connectivity index (χ2n) is 6.83. The van der Waals surface area contributed by atoms with Gasteiger partial charge in [-0.05, 0) is 55.5 Å². The molecule has 4 aromatic rings. The first-order valence-electron chi connectivity index (χ1n) is 9.53. The van der Waals surface area contributed by atoms with Crippen LogP contribution in [0.4, 0.5) is 5.13 Å². The number of carbonyl (C=O) groups is 1. The first-order valence-corrected chi connectivity index (χ1v) is 12.2. The maximum absolute atomic E-state index is 13.4. The molecule has 0 bridgehead atoms. The normalized spacial score (nSPS) is 11.5. The second-order valence-corrected chi connectivity index (χ2v) is 9.85. The van der Waals surface area contributed by atoms with E-state index in [-0.39, 0.29) is 22.9 Å². The minimum atomic E-state index is -3.45. The Morgan fingerprint density at radius 1 is 1.16 bits per heavy atom. The lowest BCUT2D eigenvalue weighted by Crippen LogP contribution is -2.30. The van der Waals surface area contributed by atoms with Gasteiger partial charge < -0.3 is 9.15 Å². The van der Waals surface area contributed by atoms with E-state index >= 15 is 0 Å². The number of thiazole rings is 1. The SMILES string of the molecule is CCOc1ccc2nc(N(Cc3ccco3)C(=O)c3cccc(S(C)(=O)=O)c3)sc2c1. The molecule has 0 N–H and O–H groups in total. The molecule has 0 unspecified atom stereocenters. The molecule has 1 amide bonds. The van der Waals surface area contributed by atoms with Gasteiger partial charge in [-0.1, -0.05) is 17.4 Å². The van der Waals surface area contributed by atoms with Crippen LogP contribution in [0.3, 0.4) is 0 Å². The Morgan fingerprint density at radius 2 is 2.00 bits per heavy atom. The second kappa shape index (κ2) is 8.52. The maximum atomic E-state index is 13.4. The molecule has 2 heterocycles. The Kier molecular flexibility index (Phi) is 5.79. The van der Waals surface area contributed by atoms with Crippen LogP contribution < -0.4 is 9.64 Å². The van der Waals surface area contributed by atoms with Crippen molar-refractivity contribution in [3.63, 3.8) is 0 Å². The molecular formula is C22H20N2O5S2. The van der Waals surface area contributed by atoms with Crippen molar-refractivity contribution in [2.45, 2.75) is 18.4 Å². The van der Waals surface area contributed by atoms with Gasteiger partial charge in [0, 0.05) is 11.8 Å². The third kappa shape index (κ3) is 4.62. The minimum Gasteiger partial charge on any atom is -0.494 e. The fourth-order valence-corrected chi connectivity index (χ4v) is 4.72. The van der Waals surface area contributed by atoms with Crippen LogP contribution in [-0.2, 0) is 16.4 Å². The van der Waals surface area contributed by atoms with E-state index in [4.69, 9.17) is 9.15 Å². The first kappa shape index (κ1) is 21.1. The molecule has 2 aromatic carbocycles. The topological polar surface area (TPSA) is 89.7 Å². The number of anilines is 1. The van der Waals surface area contributed by atoms with Gasteiger partial charge in [0.05, 0.1) is 34.5 Å². The quantitative estimate of drug-likeness (QED) is 0.406. The Morgan fingerprint density at radius 3 is 2.71 bits per heavy atom. The summed E-state index contributed by atoms with van der Waals surface area (Å²) < 4.78 is 35.8. The fraction of sp³-hybridized carbons (Fsp3) is 0.182. The van der Waals surface area contributed by atoms with Crippen LogP contribution in [-0.4, -0.2) is 32.2 Å². The molecule has 0 aliphatic heterocycles. The molecule has 0 saturated heterocycles. The Labute approximate surface area is 183 Å². The maximum Gasteiger partial charge on any atom is 0.260 e. The highest BCUT2D eigenvalue weighted by molar-refractivity contribution is 7.90. The molecule has 0 spiro atoms. The van der Waals surface area contributed by atoms with Crippen LogP contribution in [0.1, 0.15) is 23.0 Å². The standard InChI is InChI=1S/C22H20N2O5S2/c1-3-28-16-9-10-19-20(13-16)30-22(23-19)24(14-17-7-5-11-29-17)21(25)15-6-4-8-18(12-15)31(2,26)27/h4-13H,3,14H2,1-2H3. The molecule has 0 aliphatic carbocycles. The zero-order valence-electron chi connectivity index (χ0n) is 16.9. The van der Waals surface area contributed by atoms with Crippen LogP contribution in [0.15, 0.2) is 70.2 Å². The van der Waals surface area contributed by atoms with Gasteiger partial charge in [0.15, 0.2) is 15.0 Å². The Bertz CT molecular complexity index is 1330. The highest BCUT2D eigenvalue weighted by atomic mass is 32.2. The molecule has 31 heavy (non-hydrogen) atoms. The van der Waals surface area contributed by atoms with Crippen molar-refractivity contribution in [2.24, 2.45) is 0 Å². The van der Waals surface area contributed by atoms with Gasteiger partial charge in [-0.3, -0.25) is 9.69 Å². The van der Waals surface area contributed by atoms with Crippen molar-refractivity contribution in [1.82, 2.24) is 4.98 Å². The molecule has 2 aromatic heterocycles. The van der Waals surface area contributed by atoms with Crippen LogP contribution in [0, 0.1) is 0 Å². The predicted molar refractivity (Wildman–Crippen MR) is 120 cm³/mol. The summed E-state index contributed by atoms with van der Waals surface area (Å²) in [4.78, 5) is 19.6.